The number of unbranched alkanes of at least 4 members (excludes halogenated alkanes) is 27. The molecule has 0 amide bonds. The monoisotopic (exact) mass is 527 g/mol. The highest BCUT2D eigenvalue weighted by Crippen LogP contribution is 2.45. The first-order valence-electron chi connectivity index (χ1n) is 17.3. The summed E-state index contributed by atoms with van der Waals surface area (Å²) in [6.45, 7) is 6.51. The summed E-state index contributed by atoms with van der Waals surface area (Å²) in [5, 5.41) is 0. The normalized spacial score (nSPS) is 12.0. The molecule has 0 bridgehead atoms. The highest BCUT2D eigenvalue weighted by atomic mass is 31.2. The second-order valence-corrected chi connectivity index (χ2v) is 15.8. The lowest BCUT2D eigenvalue weighted by atomic mass is 10.0. The molecule has 0 saturated heterocycles. The van der Waals surface area contributed by atoms with Gasteiger partial charge in [0.1, 0.15) is 0 Å². The third-order valence-corrected chi connectivity index (χ3v) is 12.0. The molecule has 0 atom stereocenters. The molecule has 0 rings (SSSR count). The average Bonchev–Trinajstić information content (AvgIpc) is 2.90. The van der Waals surface area contributed by atoms with Crippen LogP contribution in [-0.4, -0.2) is 18.5 Å². The number of hydrogen-bond donors (Lipinski definition) is 0. The molecule has 0 heterocycles. The van der Waals surface area contributed by atoms with Gasteiger partial charge in [-0.15, -0.1) is 0 Å². The van der Waals surface area contributed by atoms with Crippen molar-refractivity contribution in [2.75, 3.05) is 18.5 Å². The fourth-order valence-electron chi connectivity index (χ4n) is 5.61. The van der Waals surface area contributed by atoms with Gasteiger partial charge in [-0.1, -0.05) is 194 Å². The van der Waals surface area contributed by atoms with Crippen molar-refractivity contribution in [2.24, 2.45) is 0 Å². The molecule has 0 radical (unpaired) electrons. The summed E-state index contributed by atoms with van der Waals surface area (Å²) in [6, 6.07) is 0. The van der Waals surface area contributed by atoms with E-state index in [-0.39, 0.29) is 0 Å². The van der Waals surface area contributed by atoms with Crippen LogP contribution < -0.4 is 0 Å². The minimum absolute atomic E-state index is 0.906. The Bertz CT molecular complexity index is 438. The van der Waals surface area contributed by atoms with Gasteiger partial charge in [0, 0.05) is 6.16 Å². The molecular weight excluding hydrogens is 455 g/mol. The van der Waals surface area contributed by atoms with Gasteiger partial charge in [-0.25, -0.2) is 0 Å². The molecule has 0 unspecified atom stereocenters. The third kappa shape index (κ3) is 27.3. The van der Waals surface area contributed by atoms with Crippen LogP contribution in [0.2, 0.25) is 0 Å². The Kier molecular flexibility index (Phi) is 30.0. The van der Waals surface area contributed by atoms with Gasteiger partial charge >= 0.3 is 0 Å². The van der Waals surface area contributed by atoms with Crippen molar-refractivity contribution >= 4 is 7.14 Å². The molecule has 0 aliphatic rings. The summed E-state index contributed by atoms with van der Waals surface area (Å²) in [7, 11) is -1.78. The summed E-state index contributed by atoms with van der Waals surface area (Å²) in [5.74, 6) is 0. The molecule has 0 aromatic rings. The van der Waals surface area contributed by atoms with Gasteiger partial charge in [0.25, 0.3) is 0 Å². The molecule has 2 heteroatoms. The van der Waals surface area contributed by atoms with Gasteiger partial charge in [0.05, 0.1) is 7.14 Å². The van der Waals surface area contributed by atoms with E-state index in [2.05, 4.69) is 20.8 Å². The molecule has 0 N–H and O–H groups in total. The molecule has 0 aliphatic carbocycles. The van der Waals surface area contributed by atoms with E-state index in [1.807, 2.05) is 0 Å². The van der Waals surface area contributed by atoms with Crippen LogP contribution in [0.15, 0.2) is 0 Å². The zero-order chi connectivity index (χ0) is 26.4. The van der Waals surface area contributed by atoms with Crippen LogP contribution >= 0.6 is 7.14 Å². The third-order valence-electron chi connectivity index (χ3n) is 8.57. The van der Waals surface area contributed by atoms with Crippen LogP contribution in [0.5, 0.6) is 0 Å². The maximum atomic E-state index is 12.4. The molecule has 0 aliphatic heterocycles. The zero-order valence-corrected chi connectivity index (χ0v) is 26.7. The van der Waals surface area contributed by atoms with E-state index in [0.717, 1.165) is 18.5 Å². The van der Waals surface area contributed by atoms with Crippen LogP contribution in [0.25, 0.3) is 0 Å². The van der Waals surface area contributed by atoms with Crippen LogP contribution in [0.1, 0.15) is 201 Å². The fourth-order valence-corrected chi connectivity index (χ4v) is 7.49. The van der Waals surface area contributed by atoms with Crippen molar-refractivity contribution in [3.63, 3.8) is 0 Å². The molecule has 0 fully saturated rings. The molecule has 1 nitrogen and oxygen atoms in total. The van der Waals surface area contributed by atoms with Gasteiger partial charge in [-0.3, -0.25) is 0 Å². The highest BCUT2D eigenvalue weighted by molar-refractivity contribution is 7.63. The molecule has 218 valence electrons. The lowest BCUT2D eigenvalue weighted by Gasteiger charge is -2.13. The van der Waals surface area contributed by atoms with E-state index < -0.39 is 7.14 Å². The van der Waals surface area contributed by atoms with Gasteiger partial charge in [-0.05, 0) is 18.7 Å². The SMILES string of the molecule is CCCCCCCCCCCCCCCCCCCCCCCCCCCCCCP(=O)(CC)CC. The van der Waals surface area contributed by atoms with E-state index in [9.17, 15) is 4.57 Å². The Hall–Kier alpha value is 0.230. The summed E-state index contributed by atoms with van der Waals surface area (Å²) < 4.78 is 12.4. The minimum atomic E-state index is -1.78. The van der Waals surface area contributed by atoms with Gasteiger partial charge in [0.2, 0.25) is 0 Å². The number of hydrogen-bond acceptors (Lipinski definition) is 1. The quantitative estimate of drug-likeness (QED) is 0.0648. The van der Waals surface area contributed by atoms with Crippen molar-refractivity contribution in [3.05, 3.63) is 0 Å². The maximum absolute atomic E-state index is 12.4. The maximum Gasteiger partial charge on any atom is 0.0872 e. The lowest BCUT2D eigenvalue weighted by Crippen LogP contribution is -1.95. The predicted molar refractivity (Wildman–Crippen MR) is 169 cm³/mol. The Labute approximate surface area is 230 Å². The molecule has 0 spiro atoms. The topological polar surface area (TPSA) is 17.1 Å². The average molecular weight is 527 g/mol. The fraction of sp³-hybridized carbons (Fsp3) is 1.00. The Morgan fingerprint density at radius 3 is 0.694 bits per heavy atom. The summed E-state index contributed by atoms with van der Waals surface area (Å²) in [5.41, 5.74) is 0. The standard InChI is InChI=1S/C34H71OP/c1-4-7-8-9-10-11-12-13-14-15-16-17-18-19-20-21-22-23-24-25-26-27-28-29-30-31-32-33-34-36(35,5-2)6-3/h4-34H2,1-3H3. The zero-order valence-electron chi connectivity index (χ0n) is 25.8. The van der Waals surface area contributed by atoms with Gasteiger partial charge < -0.3 is 4.57 Å². The van der Waals surface area contributed by atoms with Gasteiger partial charge in [0.15, 0.2) is 0 Å². The smallest absolute Gasteiger partial charge is 0.0872 e. The number of rotatable bonds is 31. The van der Waals surface area contributed by atoms with E-state index >= 15 is 0 Å². The first-order valence-corrected chi connectivity index (χ1v) is 19.5. The van der Waals surface area contributed by atoms with Crippen molar-refractivity contribution < 1.29 is 4.57 Å². The summed E-state index contributed by atoms with van der Waals surface area (Å²) in [6.07, 6.45) is 43.2. The summed E-state index contributed by atoms with van der Waals surface area (Å²) in [4.78, 5) is 0. The van der Waals surface area contributed by atoms with E-state index in [1.165, 1.54) is 180 Å². The molecule has 0 saturated carbocycles. The predicted octanol–water partition coefficient (Wildman–Crippen LogP) is 13.3. The van der Waals surface area contributed by atoms with Crippen LogP contribution in [0.3, 0.4) is 0 Å². The van der Waals surface area contributed by atoms with E-state index in [4.69, 9.17) is 0 Å². The van der Waals surface area contributed by atoms with Crippen molar-refractivity contribution in [3.8, 4) is 0 Å². The van der Waals surface area contributed by atoms with E-state index in [0.29, 0.717) is 0 Å². The van der Waals surface area contributed by atoms with Crippen LogP contribution in [0, 0.1) is 0 Å². The lowest BCUT2D eigenvalue weighted by molar-refractivity contribution is 0.514. The molecule has 0 aromatic heterocycles. The highest BCUT2D eigenvalue weighted by Gasteiger charge is 2.15. The molecular formula is C34H71OP. The second-order valence-electron chi connectivity index (χ2n) is 12.0. The van der Waals surface area contributed by atoms with Crippen molar-refractivity contribution in [1.29, 1.82) is 0 Å². The first-order chi connectivity index (χ1) is 17.7. The molecule has 0 aromatic carbocycles. The van der Waals surface area contributed by atoms with Crippen LogP contribution in [0.4, 0.5) is 0 Å². The van der Waals surface area contributed by atoms with E-state index in [1.54, 1.807) is 0 Å². The van der Waals surface area contributed by atoms with Crippen LogP contribution in [-0.2, 0) is 4.57 Å². The van der Waals surface area contributed by atoms with Crippen molar-refractivity contribution in [1.82, 2.24) is 0 Å². The minimum Gasteiger partial charge on any atom is -0.324 e. The Balaban J connectivity index is 3.09. The molecule has 36 heavy (non-hydrogen) atoms. The van der Waals surface area contributed by atoms with Gasteiger partial charge in [-0.2, -0.15) is 0 Å². The first kappa shape index (κ1) is 36.2. The summed E-state index contributed by atoms with van der Waals surface area (Å²) >= 11 is 0. The van der Waals surface area contributed by atoms with Crippen molar-refractivity contribution in [2.45, 2.75) is 201 Å². The Morgan fingerprint density at radius 1 is 0.306 bits per heavy atom. The second kappa shape index (κ2) is 29.8. The Morgan fingerprint density at radius 2 is 0.500 bits per heavy atom. The largest absolute Gasteiger partial charge is 0.324 e.